The Kier molecular flexibility index (Phi) is 3.22. The summed E-state index contributed by atoms with van der Waals surface area (Å²) in [5.41, 5.74) is 7.26. The molecule has 98 valence electrons. The number of benzene rings is 1. The van der Waals surface area contributed by atoms with Gasteiger partial charge in [-0.15, -0.1) is 0 Å². The number of nitrogens with zero attached hydrogens (tertiary/aromatic N) is 1. The number of piperidine rings is 3. The van der Waals surface area contributed by atoms with Crippen LogP contribution in [-0.2, 0) is 0 Å². The van der Waals surface area contributed by atoms with Crippen LogP contribution in [0.4, 0.5) is 5.69 Å². The van der Waals surface area contributed by atoms with Crippen LogP contribution < -0.4 is 11.1 Å². The summed E-state index contributed by atoms with van der Waals surface area (Å²) in [5.74, 6) is 0.697. The van der Waals surface area contributed by atoms with E-state index in [1.165, 1.54) is 25.9 Å². The van der Waals surface area contributed by atoms with Crippen molar-refractivity contribution >= 4 is 17.3 Å². The molecule has 3 fully saturated rings. The second-order valence-electron chi connectivity index (χ2n) is 5.54. The Hall–Kier alpha value is -0.770. The van der Waals surface area contributed by atoms with Crippen LogP contribution in [0.25, 0.3) is 0 Å². The fourth-order valence-corrected chi connectivity index (χ4v) is 3.54. The molecule has 0 spiro atoms. The lowest BCUT2D eigenvalue weighted by Gasteiger charge is -2.53. The van der Waals surface area contributed by atoms with Crippen molar-refractivity contribution in [1.29, 1.82) is 0 Å². The lowest BCUT2D eigenvalue weighted by molar-refractivity contribution is 0.0449. The number of rotatable bonds is 3. The Morgan fingerprint density at radius 2 is 1.94 bits per heavy atom. The third-order valence-corrected chi connectivity index (χ3v) is 4.73. The molecule has 0 aromatic heterocycles. The van der Waals surface area contributed by atoms with E-state index in [1.807, 2.05) is 24.3 Å². The van der Waals surface area contributed by atoms with Crippen LogP contribution in [0.1, 0.15) is 12.8 Å². The van der Waals surface area contributed by atoms with Crippen LogP contribution in [-0.4, -0.2) is 36.6 Å². The first kappa shape index (κ1) is 12.3. The van der Waals surface area contributed by atoms with Crippen molar-refractivity contribution in [2.24, 2.45) is 11.7 Å². The minimum Gasteiger partial charge on any atom is -0.377 e. The lowest BCUT2D eigenvalue weighted by atomic mass is 9.72. The van der Waals surface area contributed by atoms with Crippen LogP contribution in [0, 0.1) is 5.92 Å². The minimum atomic E-state index is 0.0460. The second kappa shape index (κ2) is 4.72. The molecule has 1 aromatic rings. The maximum Gasteiger partial charge on any atom is 0.0651 e. The van der Waals surface area contributed by atoms with Gasteiger partial charge in [0.2, 0.25) is 0 Å². The molecular formula is C14H20ClN3. The van der Waals surface area contributed by atoms with E-state index in [0.717, 1.165) is 17.3 Å². The summed E-state index contributed by atoms with van der Waals surface area (Å²) in [5, 5.41) is 4.45. The van der Waals surface area contributed by atoms with E-state index >= 15 is 0 Å². The maximum atomic E-state index is 6.09. The SMILES string of the molecule is NCC1(Nc2ccc(Cl)cc2)CN2CCC1CC2. The molecular weight excluding hydrogens is 246 g/mol. The van der Waals surface area contributed by atoms with Crippen LogP contribution in [0.5, 0.6) is 0 Å². The van der Waals surface area contributed by atoms with Gasteiger partial charge < -0.3 is 16.0 Å². The average Bonchev–Trinajstić information content (AvgIpc) is 2.43. The van der Waals surface area contributed by atoms with Gasteiger partial charge in [0.25, 0.3) is 0 Å². The molecule has 0 saturated carbocycles. The molecule has 4 rings (SSSR count). The van der Waals surface area contributed by atoms with Crippen molar-refractivity contribution in [1.82, 2.24) is 4.90 Å². The Morgan fingerprint density at radius 3 is 2.44 bits per heavy atom. The van der Waals surface area contributed by atoms with Crippen LogP contribution in [0.15, 0.2) is 24.3 Å². The third-order valence-electron chi connectivity index (χ3n) is 4.48. The van der Waals surface area contributed by atoms with E-state index in [2.05, 4.69) is 10.2 Å². The highest BCUT2D eigenvalue weighted by atomic mass is 35.5. The van der Waals surface area contributed by atoms with Crippen molar-refractivity contribution in [3.63, 3.8) is 0 Å². The highest BCUT2D eigenvalue weighted by Gasteiger charge is 2.45. The molecule has 3 N–H and O–H groups in total. The largest absolute Gasteiger partial charge is 0.377 e. The number of halogens is 1. The summed E-state index contributed by atoms with van der Waals surface area (Å²) in [6.07, 6.45) is 2.52. The number of anilines is 1. The van der Waals surface area contributed by atoms with Crippen LogP contribution in [0.3, 0.4) is 0 Å². The van der Waals surface area contributed by atoms with Gasteiger partial charge in [0.15, 0.2) is 0 Å². The van der Waals surface area contributed by atoms with Gasteiger partial charge in [0.05, 0.1) is 5.54 Å². The van der Waals surface area contributed by atoms with Gasteiger partial charge in [-0.05, 0) is 56.1 Å². The van der Waals surface area contributed by atoms with Gasteiger partial charge in [-0.3, -0.25) is 0 Å². The Morgan fingerprint density at radius 1 is 1.28 bits per heavy atom. The smallest absolute Gasteiger partial charge is 0.0651 e. The molecule has 4 heteroatoms. The van der Waals surface area contributed by atoms with E-state index in [-0.39, 0.29) is 5.54 Å². The Bertz CT molecular complexity index is 412. The van der Waals surface area contributed by atoms with Crippen LogP contribution in [0.2, 0.25) is 5.02 Å². The lowest BCUT2D eigenvalue weighted by Crippen LogP contribution is -2.66. The molecule has 3 heterocycles. The molecule has 1 atom stereocenters. The third kappa shape index (κ3) is 2.11. The van der Waals surface area contributed by atoms with Crippen molar-refractivity contribution in [3.05, 3.63) is 29.3 Å². The molecule has 3 nitrogen and oxygen atoms in total. The first-order valence-electron chi connectivity index (χ1n) is 6.68. The summed E-state index contributed by atoms with van der Waals surface area (Å²) < 4.78 is 0. The van der Waals surface area contributed by atoms with E-state index in [4.69, 9.17) is 17.3 Å². The standard InChI is InChI=1S/C14H20ClN3/c15-12-1-3-13(4-2-12)17-14(9-16)10-18-7-5-11(14)6-8-18/h1-4,11,17H,5-10,16H2. The van der Waals surface area contributed by atoms with E-state index in [9.17, 15) is 0 Å². The first-order valence-corrected chi connectivity index (χ1v) is 7.06. The molecule has 18 heavy (non-hydrogen) atoms. The average molecular weight is 266 g/mol. The molecule has 0 amide bonds. The monoisotopic (exact) mass is 265 g/mol. The number of hydrogen-bond donors (Lipinski definition) is 2. The summed E-state index contributed by atoms with van der Waals surface area (Å²) in [6.45, 7) is 4.22. The second-order valence-corrected chi connectivity index (χ2v) is 5.98. The molecule has 1 unspecified atom stereocenters. The zero-order chi connectivity index (χ0) is 12.6. The van der Waals surface area contributed by atoms with Crippen LogP contribution >= 0.6 is 11.6 Å². The number of hydrogen-bond acceptors (Lipinski definition) is 3. The number of fused-ring (bicyclic) bond motifs is 3. The number of nitrogens with two attached hydrogens (primary N) is 1. The topological polar surface area (TPSA) is 41.3 Å². The van der Waals surface area contributed by atoms with Gasteiger partial charge in [0, 0.05) is 23.8 Å². The first-order chi connectivity index (χ1) is 8.72. The van der Waals surface area contributed by atoms with Crippen molar-refractivity contribution < 1.29 is 0 Å². The molecule has 0 radical (unpaired) electrons. The predicted molar refractivity (Wildman–Crippen MR) is 76.0 cm³/mol. The fraction of sp³-hybridized carbons (Fsp3) is 0.571. The quantitative estimate of drug-likeness (QED) is 0.880. The molecule has 3 aliphatic heterocycles. The minimum absolute atomic E-state index is 0.0460. The van der Waals surface area contributed by atoms with E-state index in [0.29, 0.717) is 12.5 Å². The highest BCUT2D eigenvalue weighted by molar-refractivity contribution is 6.30. The molecule has 0 aliphatic carbocycles. The van der Waals surface area contributed by atoms with Crippen molar-refractivity contribution in [2.75, 3.05) is 31.5 Å². The molecule has 2 bridgehead atoms. The van der Waals surface area contributed by atoms with Gasteiger partial charge in [-0.1, -0.05) is 11.6 Å². The van der Waals surface area contributed by atoms with Gasteiger partial charge in [-0.25, -0.2) is 0 Å². The van der Waals surface area contributed by atoms with E-state index < -0.39 is 0 Å². The zero-order valence-corrected chi connectivity index (χ0v) is 11.3. The maximum absolute atomic E-state index is 6.09. The number of nitrogens with one attached hydrogen (secondary N) is 1. The highest BCUT2D eigenvalue weighted by Crippen LogP contribution is 2.37. The van der Waals surface area contributed by atoms with Gasteiger partial charge in [-0.2, -0.15) is 0 Å². The zero-order valence-electron chi connectivity index (χ0n) is 10.5. The van der Waals surface area contributed by atoms with Gasteiger partial charge >= 0.3 is 0 Å². The van der Waals surface area contributed by atoms with Gasteiger partial charge in [0.1, 0.15) is 0 Å². The summed E-state index contributed by atoms with van der Waals surface area (Å²) >= 11 is 5.93. The Balaban J connectivity index is 1.82. The normalized spacial score (nSPS) is 34.6. The summed E-state index contributed by atoms with van der Waals surface area (Å²) in [6, 6.07) is 7.93. The molecule has 1 aromatic carbocycles. The fourth-order valence-electron chi connectivity index (χ4n) is 3.42. The summed E-state index contributed by atoms with van der Waals surface area (Å²) in [7, 11) is 0. The Labute approximate surface area is 113 Å². The van der Waals surface area contributed by atoms with Crippen molar-refractivity contribution in [2.45, 2.75) is 18.4 Å². The van der Waals surface area contributed by atoms with E-state index in [1.54, 1.807) is 0 Å². The molecule has 3 saturated heterocycles. The predicted octanol–water partition coefficient (Wildman–Crippen LogP) is 2.17. The molecule has 3 aliphatic rings. The van der Waals surface area contributed by atoms with Crippen molar-refractivity contribution in [3.8, 4) is 0 Å². The summed E-state index contributed by atoms with van der Waals surface area (Å²) in [4.78, 5) is 2.52.